The van der Waals surface area contributed by atoms with Crippen molar-refractivity contribution in [2.45, 2.75) is 33.1 Å². The molecule has 2 heterocycles. The fourth-order valence-corrected chi connectivity index (χ4v) is 2.78. The third-order valence-corrected chi connectivity index (χ3v) is 3.98. The minimum atomic E-state index is 0.336. The Labute approximate surface area is 117 Å². The van der Waals surface area contributed by atoms with Crippen molar-refractivity contribution in [3.8, 4) is 0 Å². The highest BCUT2D eigenvalue weighted by Crippen LogP contribution is 2.27. The lowest BCUT2D eigenvalue weighted by Gasteiger charge is -2.06. The Kier molecular flexibility index (Phi) is 4.09. The topological polar surface area (TPSA) is 68.8 Å². The summed E-state index contributed by atoms with van der Waals surface area (Å²) in [6.07, 6.45) is 0.903. The van der Waals surface area contributed by atoms with E-state index in [2.05, 4.69) is 34.6 Å². The van der Waals surface area contributed by atoms with Crippen molar-refractivity contribution in [3.05, 3.63) is 21.8 Å². The highest BCUT2D eigenvalue weighted by atomic mass is 32.1. The second-order valence-electron chi connectivity index (χ2n) is 4.99. The Morgan fingerprint density at radius 2 is 2.21 bits per heavy atom. The molecule has 5 nitrogen and oxygen atoms in total. The molecule has 0 spiro atoms. The van der Waals surface area contributed by atoms with Crippen LogP contribution >= 0.6 is 11.3 Å². The predicted molar refractivity (Wildman–Crippen MR) is 80.8 cm³/mol. The zero-order valence-corrected chi connectivity index (χ0v) is 12.7. The van der Waals surface area contributed by atoms with Gasteiger partial charge in [0.1, 0.15) is 5.82 Å². The zero-order chi connectivity index (χ0) is 14.0. The lowest BCUT2D eigenvalue weighted by molar-refractivity contribution is 0.714. The van der Waals surface area contributed by atoms with E-state index in [0.29, 0.717) is 5.92 Å². The Morgan fingerprint density at radius 1 is 1.47 bits per heavy atom. The average molecular weight is 279 g/mol. The number of aryl methyl sites for hydroxylation is 2. The molecule has 0 unspecified atom stereocenters. The average Bonchev–Trinajstić information content (AvgIpc) is 2.87. The maximum Gasteiger partial charge on any atom is 0.147 e. The lowest BCUT2D eigenvalue weighted by atomic mass is 10.1. The van der Waals surface area contributed by atoms with Crippen molar-refractivity contribution in [1.82, 2.24) is 14.8 Å². The molecule has 0 aliphatic heterocycles. The van der Waals surface area contributed by atoms with E-state index in [9.17, 15) is 0 Å². The monoisotopic (exact) mass is 279 g/mol. The first-order valence-corrected chi connectivity index (χ1v) is 7.34. The van der Waals surface area contributed by atoms with Gasteiger partial charge in [-0.15, -0.1) is 11.3 Å². The van der Waals surface area contributed by atoms with Crippen LogP contribution < -0.4 is 11.1 Å². The largest absolute Gasteiger partial charge is 0.394 e. The number of anilines is 2. The quantitative estimate of drug-likeness (QED) is 0.882. The van der Waals surface area contributed by atoms with Gasteiger partial charge < -0.3 is 11.1 Å². The summed E-state index contributed by atoms with van der Waals surface area (Å²) in [7, 11) is 1.91. The molecule has 2 aromatic rings. The van der Waals surface area contributed by atoms with E-state index in [-0.39, 0.29) is 0 Å². The second-order valence-corrected chi connectivity index (χ2v) is 5.93. The number of nitrogens with two attached hydrogens (primary N) is 1. The van der Waals surface area contributed by atoms with E-state index in [4.69, 9.17) is 5.73 Å². The van der Waals surface area contributed by atoms with Gasteiger partial charge in [-0.3, -0.25) is 4.68 Å². The molecule has 0 fully saturated rings. The number of nitrogens with one attached hydrogen (secondary N) is 1. The molecule has 0 aliphatic carbocycles. The maximum atomic E-state index is 6.13. The molecule has 0 atom stereocenters. The molecule has 0 aliphatic rings. The first-order valence-electron chi connectivity index (χ1n) is 6.46. The summed E-state index contributed by atoms with van der Waals surface area (Å²) in [6, 6.07) is 0. The first-order chi connectivity index (χ1) is 8.99. The lowest BCUT2D eigenvalue weighted by Crippen LogP contribution is -2.10. The number of hydrogen-bond acceptors (Lipinski definition) is 5. The summed E-state index contributed by atoms with van der Waals surface area (Å²) in [5.74, 6) is 1.24. The van der Waals surface area contributed by atoms with Crippen molar-refractivity contribution in [2.24, 2.45) is 7.05 Å². The molecule has 19 heavy (non-hydrogen) atoms. The van der Waals surface area contributed by atoms with Crippen LogP contribution in [0.5, 0.6) is 0 Å². The molecule has 0 aromatic carbocycles. The van der Waals surface area contributed by atoms with Crippen molar-refractivity contribution in [2.75, 3.05) is 17.6 Å². The molecule has 104 valence electrons. The number of nitrogens with zero attached hydrogens (tertiary/aromatic N) is 3. The molecule has 0 saturated carbocycles. The van der Waals surface area contributed by atoms with Crippen LogP contribution in [0.15, 0.2) is 5.38 Å². The van der Waals surface area contributed by atoms with E-state index >= 15 is 0 Å². The Balaban J connectivity index is 2.00. The Hall–Kier alpha value is -1.56. The zero-order valence-electron chi connectivity index (χ0n) is 11.9. The Bertz CT molecular complexity index is 555. The molecule has 3 N–H and O–H groups in total. The third kappa shape index (κ3) is 3.07. The highest BCUT2D eigenvalue weighted by Gasteiger charge is 2.15. The standard InChI is InChI=1S/C13H21N5S/c1-8(2)12-11(14)13(18(4)17-12)15-6-5-10-16-9(3)7-19-10/h7-8,15H,5-6,14H2,1-4H3. The normalized spacial score (nSPS) is 11.2. The van der Waals surface area contributed by atoms with Crippen LogP contribution in [0.3, 0.4) is 0 Å². The second kappa shape index (κ2) is 5.61. The molecule has 2 rings (SSSR count). The third-order valence-electron chi connectivity index (χ3n) is 2.96. The summed E-state index contributed by atoms with van der Waals surface area (Å²) >= 11 is 1.70. The summed E-state index contributed by atoms with van der Waals surface area (Å²) in [5, 5.41) is 11.0. The summed E-state index contributed by atoms with van der Waals surface area (Å²) in [4.78, 5) is 4.45. The number of hydrogen-bond donors (Lipinski definition) is 2. The highest BCUT2D eigenvalue weighted by molar-refractivity contribution is 7.09. The van der Waals surface area contributed by atoms with Crippen LogP contribution in [0.2, 0.25) is 0 Å². The van der Waals surface area contributed by atoms with Crippen molar-refractivity contribution >= 4 is 22.8 Å². The summed E-state index contributed by atoms with van der Waals surface area (Å²) < 4.78 is 1.82. The minimum absolute atomic E-state index is 0.336. The van der Waals surface area contributed by atoms with Gasteiger partial charge in [-0.25, -0.2) is 4.98 Å². The van der Waals surface area contributed by atoms with Gasteiger partial charge in [-0.1, -0.05) is 13.8 Å². The van der Waals surface area contributed by atoms with Gasteiger partial charge in [0.2, 0.25) is 0 Å². The van der Waals surface area contributed by atoms with Crippen LogP contribution in [0.1, 0.15) is 36.2 Å². The molecule has 2 aromatic heterocycles. The van der Waals surface area contributed by atoms with Gasteiger partial charge in [-0.2, -0.15) is 5.10 Å². The van der Waals surface area contributed by atoms with E-state index in [1.54, 1.807) is 11.3 Å². The van der Waals surface area contributed by atoms with Crippen LogP contribution in [0, 0.1) is 6.92 Å². The molecule has 6 heteroatoms. The van der Waals surface area contributed by atoms with Crippen LogP contribution in [0.4, 0.5) is 11.5 Å². The van der Waals surface area contributed by atoms with E-state index in [0.717, 1.165) is 40.9 Å². The van der Waals surface area contributed by atoms with Gasteiger partial charge in [0.15, 0.2) is 0 Å². The molecule has 0 saturated heterocycles. The van der Waals surface area contributed by atoms with Gasteiger partial charge in [0.25, 0.3) is 0 Å². The van der Waals surface area contributed by atoms with Gasteiger partial charge in [0.05, 0.1) is 16.4 Å². The molecule has 0 amide bonds. The van der Waals surface area contributed by atoms with Crippen molar-refractivity contribution in [3.63, 3.8) is 0 Å². The molecule has 0 bridgehead atoms. The summed E-state index contributed by atoms with van der Waals surface area (Å²) in [5.41, 5.74) is 8.93. The molecular weight excluding hydrogens is 258 g/mol. The Morgan fingerprint density at radius 3 is 2.74 bits per heavy atom. The van der Waals surface area contributed by atoms with Gasteiger partial charge >= 0.3 is 0 Å². The molecular formula is C13H21N5S. The van der Waals surface area contributed by atoms with E-state index in [1.165, 1.54) is 0 Å². The smallest absolute Gasteiger partial charge is 0.147 e. The van der Waals surface area contributed by atoms with Gasteiger partial charge in [0, 0.05) is 31.1 Å². The van der Waals surface area contributed by atoms with E-state index < -0.39 is 0 Å². The first kappa shape index (κ1) is 13.9. The molecule has 0 radical (unpaired) electrons. The van der Waals surface area contributed by atoms with Crippen LogP contribution in [0.25, 0.3) is 0 Å². The number of aromatic nitrogens is 3. The van der Waals surface area contributed by atoms with Gasteiger partial charge in [-0.05, 0) is 12.8 Å². The van der Waals surface area contributed by atoms with Crippen LogP contribution in [-0.2, 0) is 13.5 Å². The summed E-state index contributed by atoms with van der Waals surface area (Å²) in [6.45, 7) is 7.03. The van der Waals surface area contributed by atoms with E-state index in [1.807, 2.05) is 18.7 Å². The SMILES string of the molecule is Cc1csc(CCNc2c(N)c(C(C)C)nn2C)n1. The predicted octanol–water partition coefficient (Wildman–Crippen LogP) is 2.55. The fraction of sp³-hybridized carbons (Fsp3) is 0.538. The minimum Gasteiger partial charge on any atom is -0.394 e. The van der Waals surface area contributed by atoms with Crippen LogP contribution in [-0.4, -0.2) is 21.3 Å². The maximum absolute atomic E-state index is 6.13. The number of rotatable bonds is 5. The number of thiazole rings is 1. The fourth-order valence-electron chi connectivity index (χ4n) is 2.00. The van der Waals surface area contributed by atoms with Crippen molar-refractivity contribution < 1.29 is 0 Å². The van der Waals surface area contributed by atoms with Crippen molar-refractivity contribution in [1.29, 1.82) is 0 Å². The number of nitrogen functional groups attached to an aromatic ring is 1.